The summed E-state index contributed by atoms with van der Waals surface area (Å²) in [6.07, 6.45) is 0. The molecule has 5 heteroatoms. The first-order valence-corrected chi connectivity index (χ1v) is 4.14. The van der Waals surface area contributed by atoms with E-state index >= 15 is 0 Å². The van der Waals surface area contributed by atoms with Crippen LogP contribution in [0.2, 0.25) is 5.02 Å². The van der Waals surface area contributed by atoms with Crippen LogP contribution in [0.15, 0.2) is 12.1 Å². The van der Waals surface area contributed by atoms with E-state index in [0.29, 0.717) is 5.56 Å². The van der Waals surface area contributed by atoms with Crippen LogP contribution in [0.1, 0.15) is 11.6 Å². The minimum Gasteiger partial charge on any atom is -0.395 e. The normalized spacial score (nSPS) is 12.9. The van der Waals surface area contributed by atoms with Crippen molar-refractivity contribution in [2.75, 3.05) is 12.3 Å². The molecule has 0 saturated heterocycles. The third-order valence-corrected chi connectivity index (χ3v) is 2.10. The van der Waals surface area contributed by atoms with Gasteiger partial charge in [0.1, 0.15) is 5.82 Å². The van der Waals surface area contributed by atoms with Gasteiger partial charge in [0.05, 0.1) is 10.7 Å². The van der Waals surface area contributed by atoms with Crippen molar-refractivity contribution in [3.8, 4) is 0 Å². The summed E-state index contributed by atoms with van der Waals surface area (Å²) in [6, 6.07) is 2.36. The molecule has 0 spiro atoms. The average molecular weight is 204 g/mol. The van der Waals surface area contributed by atoms with E-state index < -0.39 is 11.9 Å². The Balaban J connectivity index is 3.13. The fourth-order valence-corrected chi connectivity index (χ4v) is 1.17. The summed E-state index contributed by atoms with van der Waals surface area (Å²) in [6.45, 7) is 0.236. The second-order valence-corrected chi connectivity index (χ2v) is 3.15. The lowest BCUT2D eigenvalue weighted by Crippen LogP contribution is -2.21. The Labute approximate surface area is 80.6 Å². The molecule has 0 radical (unpaired) electrons. The Morgan fingerprint density at radius 2 is 2.08 bits per heavy atom. The van der Waals surface area contributed by atoms with Crippen molar-refractivity contribution < 1.29 is 4.39 Å². The summed E-state index contributed by atoms with van der Waals surface area (Å²) >= 11 is 5.66. The van der Waals surface area contributed by atoms with E-state index in [4.69, 9.17) is 28.8 Å². The molecular formula is C8H11ClFN3. The number of benzene rings is 1. The Kier molecular flexibility index (Phi) is 3.08. The molecule has 13 heavy (non-hydrogen) atoms. The summed E-state index contributed by atoms with van der Waals surface area (Å²) < 4.78 is 13.0. The zero-order chi connectivity index (χ0) is 10.0. The molecule has 72 valence electrons. The predicted octanol–water partition coefficient (Wildman–Crippen LogP) is 1.02. The van der Waals surface area contributed by atoms with E-state index in [-0.39, 0.29) is 17.3 Å². The highest BCUT2D eigenvalue weighted by Crippen LogP contribution is 2.25. The van der Waals surface area contributed by atoms with Gasteiger partial charge in [-0.3, -0.25) is 0 Å². The number of hydrogen-bond donors (Lipinski definition) is 3. The Bertz CT molecular complexity index is 293. The maximum atomic E-state index is 13.0. The van der Waals surface area contributed by atoms with Gasteiger partial charge in [-0.2, -0.15) is 0 Å². The van der Waals surface area contributed by atoms with Gasteiger partial charge >= 0.3 is 0 Å². The average Bonchev–Trinajstić information content (AvgIpc) is 2.12. The maximum Gasteiger partial charge on any atom is 0.147 e. The van der Waals surface area contributed by atoms with Crippen LogP contribution in [0, 0.1) is 5.82 Å². The zero-order valence-electron chi connectivity index (χ0n) is 6.93. The highest BCUT2D eigenvalue weighted by atomic mass is 35.5. The lowest BCUT2D eigenvalue weighted by molar-refractivity contribution is 0.624. The third-order valence-electron chi connectivity index (χ3n) is 1.78. The molecule has 0 aromatic heterocycles. The number of hydrogen-bond acceptors (Lipinski definition) is 3. The predicted molar refractivity (Wildman–Crippen MR) is 51.8 cm³/mol. The van der Waals surface area contributed by atoms with Crippen molar-refractivity contribution in [2.45, 2.75) is 6.04 Å². The molecule has 0 fully saturated rings. The molecule has 0 aliphatic heterocycles. The quantitative estimate of drug-likeness (QED) is 0.628. The molecule has 1 aromatic carbocycles. The first kappa shape index (κ1) is 10.2. The molecule has 3 nitrogen and oxygen atoms in total. The van der Waals surface area contributed by atoms with Crippen molar-refractivity contribution in [3.05, 3.63) is 28.5 Å². The molecule has 1 atom stereocenters. The molecule has 0 heterocycles. The number of anilines is 1. The number of halogens is 2. The Morgan fingerprint density at radius 3 is 2.54 bits per heavy atom. The van der Waals surface area contributed by atoms with Crippen LogP contribution in [0.25, 0.3) is 0 Å². The van der Waals surface area contributed by atoms with E-state index in [9.17, 15) is 4.39 Å². The van der Waals surface area contributed by atoms with Gasteiger partial charge in [0.15, 0.2) is 0 Å². The van der Waals surface area contributed by atoms with Gasteiger partial charge in [-0.15, -0.1) is 0 Å². The molecule has 0 saturated carbocycles. The minimum absolute atomic E-state index is 0.0605. The van der Waals surface area contributed by atoms with Gasteiger partial charge in [0.25, 0.3) is 0 Å². The van der Waals surface area contributed by atoms with Gasteiger partial charge in [-0.1, -0.05) is 11.6 Å². The van der Waals surface area contributed by atoms with Crippen LogP contribution in [-0.2, 0) is 0 Å². The second-order valence-electron chi connectivity index (χ2n) is 2.74. The van der Waals surface area contributed by atoms with Crippen LogP contribution < -0.4 is 17.2 Å². The Morgan fingerprint density at radius 1 is 1.46 bits per heavy atom. The molecular weight excluding hydrogens is 193 g/mol. The molecule has 0 unspecified atom stereocenters. The monoisotopic (exact) mass is 203 g/mol. The standard InChI is InChI=1S/C8H11ClFN3/c9-5-1-4(7(12)3-11)2-6(10)8(5)13/h1-2,7H,3,11-13H2/t7-/m1/s1. The zero-order valence-corrected chi connectivity index (χ0v) is 7.68. The highest BCUT2D eigenvalue weighted by Gasteiger charge is 2.10. The summed E-state index contributed by atoms with van der Waals surface area (Å²) in [4.78, 5) is 0. The van der Waals surface area contributed by atoms with Gasteiger partial charge < -0.3 is 17.2 Å². The molecule has 0 bridgehead atoms. The van der Waals surface area contributed by atoms with E-state index in [1.807, 2.05) is 0 Å². The first-order valence-electron chi connectivity index (χ1n) is 3.76. The van der Waals surface area contributed by atoms with Crippen molar-refractivity contribution in [3.63, 3.8) is 0 Å². The largest absolute Gasteiger partial charge is 0.395 e. The third kappa shape index (κ3) is 2.09. The fourth-order valence-electron chi connectivity index (χ4n) is 0.954. The molecule has 1 rings (SSSR count). The van der Waals surface area contributed by atoms with Gasteiger partial charge in [0.2, 0.25) is 0 Å². The van der Waals surface area contributed by atoms with Gasteiger partial charge in [-0.25, -0.2) is 4.39 Å². The summed E-state index contributed by atoms with van der Waals surface area (Å²) in [7, 11) is 0. The van der Waals surface area contributed by atoms with Crippen LogP contribution in [-0.4, -0.2) is 6.54 Å². The van der Waals surface area contributed by atoms with Gasteiger partial charge in [-0.05, 0) is 17.7 Å². The van der Waals surface area contributed by atoms with Gasteiger partial charge in [0, 0.05) is 12.6 Å². The van der Waals surface area contributed by atoms with E-state index in [0.717, 1.165) is 0 Å². The number of rotatable bonds is 2. The molecule has 0 aliphatic carbocycles. The minimum atomic E-state index is -0.564. The highest BCUT2D eigenvalue weighted by molar-refractivity contribution is 6.33. The second kappa shape index (κ2) is 3.91. The van der Waals surface area contributed by atoms with Crippen molar-refractivity contribution >= 4 is 17.3 Å². The van der Waals surface area contributed by atoms with Crippen molar-refractivity contribution in [1.29, 1.82) is 0 Å². The molecule has 6 N–H and O–H groups in total. The SMILES string of the molecule is NC[C@@H](N)c1cc(F)c(N)c(Cl)c1. The topological polar surface area (TPSA) is 78.1 Å². The summed E-state index contributed by atoms with van der Waals surface area (Å²) in [5.41, 5.74) is 16.7. The summed E-state index contributed by atoms with van der Waals surface area (Å²) in [5.74, 6) is -0.564. The van der Waals surface area contributed by atoms with Crippen LogP contribution in [0.3, 0.4) is 0 Å². The maximum absolute atomic E-state index is 13.0. The van der Waals surface area contributed by atoms with Crippen molar-refractivity contribution in [1.82, 2.24) is 0 Å². The first-order chi connectivity index (χ1) is 6.06. The van der Waals surface area contributed by atoms with Crippen LogP contribution >= 0.6 is 11.6 Å². The number of nitrogen functional groups attached to an aromatic ring is 1. The lowest BCUT2D eigenvalue weighted by atomic mass is 10.1. The fraction of sp³-hybridized carbons (Fsp3) is 0.250. The Hall–Kier alpha value is -0.840. The lowest BCUT2D eigenvalue weighted by Gasteiger charge is -2.10. The van der Waals surface area contributed by atoms with E-state index in [1.165, 1.54) is 12.1 Å². The summed E-state index contributed by atoms with van der Waals surface area (Å²) in [5, 5.41) is 0.166. The number of nitrogens with two attached hydrogens (primary N) is 3. The van der Waals surface area contributed by atoms with E-state index in [2.05, 4.69) is 0 Å². The van der Waals surface area contributed by atoms with E-state index in [1.54, 1.807) is 0 Å². The molecule has 0 aliphatic rings. The molecule has 1 aromatic rings. The van der Waals surface area contributed by atoms with Crippen LogP contribution in [0.4, 0.5) is 10.1 Å². The molecule has 0 amide bonds. The van der Waals surface area contributed by atoms with Crippen molar-refractivity contribution in [2.24, 2.45) is 11.5 Å². The van der Waals surface area contributed by atoms with Crippen LogP contribution in [0.5, 0.6) is 0 Å². The smallest absolute Gasteiger partial charge is 0.147 e.